The van der Waals surface area contributed by atoms with E-state index in [4.69, 9.17) is 5.73 Å². The lowest BCUT2D eigenvalue weighted by Gasteiger charge is -2.38. The molecule has 0 spiro atoms. The van der Waals surface area contributed by atoms with Gasteiger partial charge in [-0.15, -0.1) is 0 Å². The summed E-state index contributed by atoms with van der Waals surface area (Å²) in [6.45, 7) is 8.64. The van der Waals surface area contributed by atoms with Gasteiger partial charge in [-0.3, -0.25) is 9.59 Å². The van der Waals surface area contributed by atoms with Crippen LogP contribution in [0, 0.1) is 10.8 Å². The number of likely N-dealkylation sites (tertiary alicyclic amines) is 1. The van der Waals surface area contributed by atoms with Gasteiger partial charge in [0.25, 0.3) is 0 Å². The van der Waals surface area contributed by atoms with Crippen molar-refractivity contribution in [2.45, 2.75) is 53.0 Å². The predicted octanol–water partition coefficient (Wildman–Crippen LogP) is 1.46. The van der Waals surface area contributed by atoms with E-state index < -0.39 is 11.4 Å². The molecule has 0 aromatic rings. The third kappa shape index (κ3) is 3.93. The van der Waals surface area contributed by atoms with Crippen LogP contribution in [0.15, 0.2) is 0 Å². The molecule has 0 saturated carbocycles. The second kappa shape index (κ2) is 5.49. The molecule has 5 nitrogen and oxygen atoms in total. The highest BCUT2D eigenvalue weighted by atomic mass is 16.4. The normalized spacial score (nSPS) is 26.1. The monoisotopic (exact) mass is 270 g/mol. The minimum absolute atomic E-state index is 0.0328. The number of carboxylic acids is 1. The van der Waals surface area contributed by atoms with Crippen molar-refractivity contribution in [3.8, 4) is 0 Å². The maximum atomic E-state index is 12.2. The Morgan fingerprint density at radius 3 is 2.47 bits per heavy atom. The van der Waals surface area contributed by atoms with Crippen LogP contribution in [0.2, 0.25) is 0 Å². The summed E-state index contributed by atoms with van der Waals surface area (Å²) in [7, 11) is 0. The van der Waals surface area contributed by atoms with Gasteiger partial charge in [-0.1, -0.05) is 20.8 Å². The molecule has 0 aliphatic carbocycles. The molecular formula is C14H26N2O3. The Hall–Kier alpha value is -1.10. The van der Waals surface area contributed by atoms with Crippen LogP contribution in [-0.4, -0.2) is 41.0 Å². The number of hydrogen-bond donors (Lipinski definition) is 2. The Labute approximate surface area is 115 Å². The molecule has 2 atom stereocenters. The molecule has 1 amide bonds. The van der Waals surface area contributed by atoms with Crippen molar-refractivity contribution >= 4 is 11.9 Å². The largest absolute Gasteiger partial charge is 0.481 e. The minimum Gasteiger partial charge on any atom is -0.481 e. The third-order valence-corrected chi connectivity index (χ3v) is 4.07. The lowest BCUT2D eigenvalue weighted by atomic mass is 9.81. The van der Waals surface area contributed by atoms with Crippen LogP contribution < -0.4 is 5.73 Å². The zero-order chi connectivity index (χ0) is 14.8. The number of nitrogens with zero attached hydrogens (tertiary/aromatic N) is 1. The summed E-state index contributed by atoms with van der Waals surface area (Å²) in [5.41, 5.74) is 5.08. The zero-order valence-corrected chi connectivity index (χ0v) is 12.4. The van der Waals surface area contributed by atoms with E-state index in [-0.39, 0.29) is 30.3 Å². The van der Waals surface area contributed by atoms with E-state index >= 15 is 0 Å². The Morgan fingerprint density at radius 2 is 2.00 bits per heavy atom. The van der Waals surface area contributed by atoms with Gasteiger partial charge in [0.05, 0.1) is 5.41 Å². The topological polar surface area (TPSA) is 83.6 Å². The molecule has 1 aliphatic heterocycles. The number of carbonyl (C=O) groups is 2. The molecule has 19 heavy (non-hydrogen) atoms. The molecule has 1 fully saturated rings. The highest BCUT2D eigenvalue weighted by Gasteiger charge is 2.39. The van der Waals surface area contributed by atoms with Crippen LogP contribution in [-0.2, 0) is 9.59 Å². The molecule has 110 valence electrons. The smallest absolute Gasteiger partial charge is 0.311 e. The second-order valence-corrected chi connectivity index (χ2v) is 6.96. The van der Waals surface area contributed by atoms with E-state index in [2.05, 4.69) is 0 Å². The fraction of sp³-hybridized carbons (Fsp3) is 0.857. The maximum Gasteiger partial charge on any atom is 0.311 e. The van der Waals surface area contributed by atoms with Crippen molar-refractivity contribution in [3.05, 3.63) is 0 Å². The maximum absolute atomic E-state index is 12.2. The summed E-state index contributed by atoms with van der Waals surface area (Å²) in [5.74, 6) is -0.861. The van der Waals surface area contributed by atoms with Gasteiger partial charge in [0.15, 0.2) is 0 Å². The van der Waals surface area contributed by atoms with Crippen molar-refractivity contribution in [2.75, 3.05) is 13.1 Å². The molecule has 5 heteroatoms. The lowest BCUT2D eigenvalue weighted by Crippen LogP contribution is -2.50. The van der Waals surface area contributed by atoms with Crippen molar-refractivity contribution < 1.29 is 14.7 Å². The van der Waals surface area contributed by atoms with Crippen molar-refractivity contribution in [2.24, 2.45) is 16.6 Å². The first-order valence-electron chi connectivity index (χ1n) is 6.83. The van der Waals surface area contributed by atoms with E-state index in [1.165, 1.54) is 0 Å². The molecule has 1 saturated heterocycles. The molecule has 3 N–H and O–H groups in total. The molecular weight excluding hydrogens is 244 g/mol. The summed E-state index contributed by atoms with van der Waals surface area (Å²) in [4.78, 5) is 25.1. The molecule has 1 aliphatic rings. The Morgan fingerprint density at radius 1 is 1.42 bits per heavy atom. The number of carboxylic acid groups (broad SMARTS) is 1. The molecule has 0 aromatic heterocycles. The number of nitrogens with two attached hydrogens (primary N) is 1. The summed E-state index contributed by atoms with van der Waals surface area (Å²) >= 11 is 0. The summed E-state index contributed by atoms with van der Waals surface area (Å²) in [6.07, 6.45) is 1.63. The number of rotatable bonds is 3. The lowest BCUT2D eigenvalue weighted by molar-refractivity contribution is -0.153. The zero-order valence-electron chi connectivity index (χ0n) is 12.4. The minimum atomic E-state index is -0.829. The number of carbonyl (C=O) groups excluding carboxylic acids is 1. The van der Waals surface area contributed by atoms with Gasteiger partial charge in [0, 0.05) is 25.6 Å². The summed E-state index contributed by atoms with van der Waals surface area (Å²) < 4.78 is 0. The first-order valence-corrected chi connectivity index (χ1v) is 6.83. The third-order valence-electron chi connectivity index (χ3n) is 4.07. The van der Waals surface area contributed by atoms with Crippen LogP contribution in [0.25, 0.3) is 0 Å². The fourth-order valence-electron chi connectivity index (χ4n) is 2.25. The number of amides is 1. The first-order chi connectivity index (χ1) is 8.56. The first kappa shape index (κ1) is 16.0. The summed E-state index contributed by atoms with van der Waals surface area (Å²) in [6, 6.07) is -0.210. The fourth-order valence-corrected chi connectivity index (χ4v) is 2.25. The van der Waals surface area contributed by atoms with Crippen LogP contribution >= 0.6 is 0 Å². The molecule has 1 heterocycles. The van der Waals surface area contributed by atoms with Crippen LogP contribution in [0.1, 0.15) is 47.0 Å². The van der Waals surface area contributed by atoms with E-state index in [1.54, 1.807) is 11.8 Å². The SMILES string of the molecule is CC1(C(=O)O)CCCN(C(=O)CC(N)C(C)(C)C)C1. The standard InChI is InChI=1S/C14H26N2O3/c1-13(2,3)10(15)8-11(17)16-7-5-6-14(4,9-16)12(18)19/h10H,5-9,15H2,1-4H3,(H,18,19). The van der Waals surface area contributed by atoms with Crippen LogP contribution in [0.4, 0.5) is 0 Å². The van der Waals surface area contributed by atoms with Gasteiger partial charge in [0.2, 0.25) is 5.91 Å². The van der Waals surface area contributed by atoms with Gasteiger partial charge in [-0.2, -0.15) is 0 Å². The molecule has 0 bridgehead atoms. The highest BCUT2D eigenvalue weighted by molar-refractivity contribution is 5.80. The number of aliphatic carboxylic acids is 1. The Bertz CT molecular complexity index is 362. The van der Waals surface area contributed by atoms with E-state index in [9.17, 15) is 14.7 Å². The predicted molar refractivity (Wildman–Crippen MR) is 73.6 cm³/mol. The van der Waals surface area contributed by atoms with E-state index in [0.29, 0.717) is 13.0 Å². The average molecular weight is 270 g/mol. The van der Waals surface area contributed by atoms with Crippen molar-refractivity contribution in [3.63, 3.8) is 0 Å². The van der Waals surface area contributed by atoms with Crippen molar-refractivity contribution in [1.29, 1.82) is 0 Å². The van der Waals surface area contributed by atoms with Crippen LogP contribution in [0.5, 0.6) is 0 Å². The quantitative estimate of drug-likeness (QED) is 0.813. The second-order valence-electron chi connectivity index (χ2n) is 6.96. The molecule has 0 radical (unpaired) electrons. The van der Waals surface area contributed by atoms with Gasteiger partial charge < -0.3 is 15.7 Å². The summed E-state index contributed by atoms with van der Waals surface area (Å²) in [5, 5.41) is 9.25. The van der Waals surface area contributed by atoms with Gasteiger partial charge in [-0.25, -0.2) is 0 Å². The van der Waals surface area contributed by atoms with Crippen molar-refractivity contribution in [1.82, 2.24) is 4.90 Å². The number of hydrogen-bond acceptors (Lipinski definition) is 3. The molecule has 2 unspecified atom stereocenters. The number of piperidine rings is 1. The highest BCUT2D eigenvalue weighted by Crippen LogP contribution is 2.30. The van der Waals surface area contributed by atoms with Crippen LogP contribution in [0.3, 0.4) is 0 Å². The Kier molecular flexibility index (Phi) is 4.61. The van der Waals surface area contributed by atoms with Gasteiger partial charge in [0.1, 0.15) is 0 Å². The van der Waals surface area contributed by atoms with Gasteiger partial charge >= 0.3 is 5.97 Å². The van der Waals surface area contributed by atoms with E-state index in [0.717, 1.165) is 6.42 Å². The molecule has 0 aromatic carbocycles. The Balaban J connectivity index is 2.66. The van der Waals surface area contributed by atoms with Gasteiger partial charge in [-0.05, 0) is 25.2 Å². The average Bonchev–Trinajstić information content (AvgIpc) is 2.27. The molecule has 1 rings (SSSR count). The van der Waals surface area contributed by atoms with E-state index in [1.807, 2.05) is 20.8 Å².